The van der Waals surface area contributed by atoms with E-state index in [4.69, 9.17) is 5.26 Å². The second kappa shape index (κ2) is 6.73. The van der Waals surface area contributed by atoms with Crippen LogP contribution in [0.5, 0.6) is 0 Å². The van der Waals surface area contributed by atoms with Gasteiger partial charge < -0.3 is 5.32 Å². The van der Waals surface area contributed by atoms with E-state index in [-0.39, 0.29) is 5.56 Å². The first kappa shape index (κ1) is 16.5. The number of benzene rings is 3. The maximum atomic E-state index is 13.3. The lowest BCUT2D eigenvalue weighted by Gasteiger charge is -2.04. The summed E-state index contributed by atoms with van der Waals surface area (Å²) in [4.78, 5) is 12.3. The molecule has 6 heteroatoms. The quantitative estimate of drug-likeness (QED) is 0.567. The van der Waals surface area contributed by atoms with Crippen LogP contribution in [0.2, 0.25) is 0 Å². The number of hydrogen-bond acceptors (Lipinski definition) is 3. The minimum Gasteiger partial charge on any atom is -0.305 e. The van der Waals surface area contributed by atoms with Crippen molar-refractivity contribution in [2.75, 3.05) is 5.32 Å². The molecule has 4 aromatic rings. The Kier molecular flexibility index (Phi) is 4.11. The number of carbonyl (C=O) groups excluding carboxylic acids is 1. The van der Waals surface area contributed by atoms with Gasteiger partial charge >= 0.3 is 0 Å². The second-order valence-electron chi connectivity index (χ2n) is 5.99. The molecule has 1 amide bonds. The molecule has 0 aliphatic carbocycles. The summed E-state index contributed by atoms with van der Waals surface area (Å²) in [6.07, 6.45) is 0. The molecular formula is C21H13FN4O. The summed E-state index contributed by atoms with van der Waals surface area (Å²) in [5.41, 5.74) is 3.50. The number of hydrogen-bond donors (Lipinski definition) is 2. The fraction of sp³-hybridized carbons (Fsp3) is 0. The van der Waals surface area contributed by atoms with Gasteiger partial charge in [0.25, 0.3) is 5.91 Å². The third kappa shape index (κ3) is 3.26. The van der Waals surface area contributed by atoms with Gasteiger partial charge in [-0.2, -0.15) is 10.4 Å². The molecule has 0 aliphatic rings. The summed E-state index contributed by atoms with van der Waals surface area (Å²) in [5, 5.41) is 19.4. The third-order valence-electron chi connectivity index (χ3n) is 4.23. The highest BCUT2D eigenvalue weighted by Gasteiger charge is 2.12. The fourth-order valence-electron chi connectivity index (χ4n) is 2.84. The van der Waals surface area contributed by atoms with Gasteiger partial charge in [-0.15, -0.1) is 0 Å². The molecule has 5 nitrogen and oxygen atoms in total. The minimum absolute atomic E-state index is 0.223. The molecule has 0 aliphatic heterocycles. The fourth-order valence-corrected chi connectivity index (χ4v) is 2.84. The average Bonchev–Trinajstić information content (AvgIpc) is 3.10. The van der Waals surface area contributed by atoms with Gasteiger partial charge in [0.2, 0.25) is 0 Å². The first-order chi connectivity index (χ1) is 13.1. The van der Waals surface area contributed by atoms with Crippen molar-refractivity contribution in [3.8, 4) is 17.2 Å². The number of H-pyrrole nitrogens is 1. The van der Waals surface area contributed by atoms with E-state index in [1.807, 2.05) is 30.3 Å². The molecule has 3 aromatic carbocycles. The average molecular weight is 356 g/mol. The molecule has 0 radical (unpaired) electrons. The SMILES string of the molecule is N#Cc1ccc(-c2ccc3c(NC(=O)c4cccc(F)c4)n[nH]c3c2)cc1. The number of nitriles is 1. The van der Waals surface area contributed by atoms with Crippen molar-refractivity contribution in [1.82, 2.24) is 10.2 Å². The van der Waals surface area contributed by atoms with Crippen molar-refractivity contribution < 1.29 is 9.18 Å². The molecule has 1 aromatic heterocycles. The Hall–Kier alpha value is -3.98. The molecule has 4 rings (SSSR count). The number of nitrogens with zero attached hydrogens (tertiary/aromatic N) is 2. The van der Waals surface area contributed by atoms with Crippen LogP contribution in [0, 0.1) is 17.1 Å². The molecule has 0 saturated heterocycles. The van der Waals surface area contributed by atoms with Gasteiger partial charge in [0, 0.05) is 10.9 Å². The number of aromatic nitrogens is 2. The van der Waals surface area contributed by atoms with Crippen LogP contribution in [0.1, 0.15) is 15.9 Å². The Balaban J connectivity index is 1.62. The Labute approximate surface area is 154 Å². The Morgan fingerprint density at radius 2 is 1.81 bits per heavy atom. The van der Waals surface area contributed by atoms with Crippen LogP contribution >= 0.6 is 0 Å². The number of carbonyl (C=O) groups is 1. The van der Waals surface area contributed by atoms with Gasteiger partial charge in [0.1, 0.15) is 5.82 Å². The number of anilines is 1. The van der Waals surface area contributed by atoms with Crippen LogP contribution in [0.4, 0.5) is 10.2 Å². The first-order valence-corrected chi connectivity index (χ1v) is 8.19. The summed E-state index contributed by atoms with van der Waals surface area (Å²) in [6.45, 7) is 0. The zero-order chi connectivity index (χ0) is 18.8. The minimum atomic E-state index is -0.471. The summed E-state index contributed by atoms with van der Waals surface area (Å²) in [7, 11) is 0. The Morgan fingerprint density at radius 1 is 1.04 bits per heavy atom. The number of aromatic amines is 1. The van der Waals surface area contributed by atoms with Crippen molar-refractivity contribution in [1.29, 1.82) is 5.26 Å². The highest BCUT2D eigenvalue weighted by atomic mass is 19.1. The van der Waals surface area contributed by atoms with Crippen LogP contribution in [0.25, 0.3) is 22.0 Å². The summed E-state index contributed by atoms with van der Waals surface area (Å²) >= 11 is 0. The summed E-state index contributed by atoms with van der Waals surface area (Å²) < 4.78 is 13.3. The van der Waals surface area contributed by atoms with E-state index in [1.165, 1.54) is 24.3 Å². The van der Waals surface area contributed by atoms with Crippen LogP contribution in [0.3, 0.4) is 0 Å². The normalized spacial score (nSPS) is 10.5. The summed E-state index contributed by atoms with van der Waals surface area (Å²) in [6, 6.07) is 20.5. The number of rotatable bonds is 3. The van der Waals surface area contributed by atoms with Crippen LogP contribution in [-0.2, 0) is 0 Å². The molecular weight excluding hydrogens is 343 g/mol. The van der Waals surface area contributed by atoms with Gasteiger partial charge in [-0.1, -0.05) is 24.3 Å². The second-order valence-corrected chi connectivity index (χ2v) is 5.99. The molecule has 0 bridgehead atoms. The van der Waals surface area contributed by atoms with E-state index in [0.29, 0.717) is 11.4 Å². The van der Waals surface area contributed by atoms with Crippen molar-refractivity contribution in [3.05, 3.63) is 83.7 Å². The summed E-state index contributed by atoms with van der Waals surface area (Å²) in [5.74, 6) is -0.522. The molecule has 0 unspecified atom stereocenters. The topological polar surface area (TPSA) is 81.6 Å². The van der Waals surface area contributed by atoms with E-state index in [2.05, 4.69) is 21.6 Å². The van der Waals surface area contributed by atoms with E-state index in [0.717, 1.165) is 22.0 Å². The van der Waals surface area contributed by atoms with E-state index >= 15 is 0 Å². The largest absolute Gasteiger partial charge is 0.305 e. The van der Waals surface area contributed by atoms with Crippen LogP contribution in [-0.4, -0.2) is 16.1 Å². The van der Waals surface area contributed by atoms with E-state index < -0.39 is 11.7 Å². The third-order valence-corrected chi connectivity index (χ3v) is 4.23. The molecule has 1 heterocycles. The van der Waals surface area contributed by atoms with Gasteiger partial charge in [-0.05, 0) is 53.6 Å². The zero-order valence-electron chi connectivity index (χ0n) is 14.0. The standard InChI is InChI=1S/C21H13FN4O/c22-17-3-1-2-16(10-17)21(27)24-20-18-9-8-15(11-19(18)25-26-20)14-6-4-13(12-23)5-7-14/h1-11H,(H2,24,25,26,27). The number of fused-ring (bicyclic) bond motifs is 1. The monoisotopic (exact) mass is 356 g/mol. The van der Waals surface area contributed by atoms with Crippen molar-refractivity contribution in [2.45, 2.75) is 0 Å². The first-order valence-electron chi connectivity index (χ1n) is 8.19. The number of amides is 1. The van der Waals surface area contributed by atoms with Gasteiger partial charge in [-0.3, -0.25) is 9.89 Å². The van der Waals surface area contributed by atoms with Crippen LogP contribution < -0.4 is 5.32 Å². The molecule has 130 valence electrons. The molecule has 0 atom stereocenters. The zero-order valence-corrected chi connectivity index (χ0v) is 14.0. The maximum absolute atomic E-state index is 13.3. The predicted octanol–water partition coefficient (Wildman–Crippen LogP) is 4.49. The van der Waals surface area contributed by atoms with Crippen molar-refractivity contribution in [2.24, 2.45) is 0 Å². The highest BCUT2D eigenvalue weighted by molar-refractivity contribution is 6.08. The highest BCUT2D eigenvalue weighted by Crippen LogP contribution is 2.27. The van der Waals surface area contributed by atoms with E-state index in [1.54, 1.807) is 12.1 Å². The van der Waals surface area contributed by atoms with Crippen molar-refractivity contribution >= 4 is 22.6 Å². The van der Waals surface area contributed by atoms with Gasteiger partial charge in [0.15, 0.2) is 5.82 Å². The lowest BCUT2D eigenvalue weighted by Crippen LogP contribution is -2.12. The lowest BCUT2D eigenvalue weighted by atomic mass is 10.0. The molecule has 0 fully saturated rings. The molecule has 2 N–H and O–H groups in total. The number of halogens is 1. The van der Waals surface area contributed by atoms with E-state index in [9.17, 15) is 9.18 Å². The smallest absolute Gasteiger partial charge is 0.256 e. The lowest BCUT2D eigenvalue weighted by molar-refractivity contribution is 0.102. The van der Waals surface area contributed by atoms with Crippen LogP contribution in [0.15, 0.2) is 66.7 Å². The van der Waals surface area contributed by atoms with Gasteiger partial charge in [-0.25, -0.2) is 4.39 Å². The molecule has 27 heavy (non-hydrogen) atoms. The maximum Gasteiger partial charge on any atom is 0.256 e. The number of nitrogens with one attached hydrogen (secondary N) is 2. The molecule has 0 saturated carbocycles. The Bertz CT molecular complexity index is 1190. The predicted molar refractivity (Wildman–Crippen MR) is 101 cm³/mol. The van der Waals surface area contributed by atoms with Crippen molar-refractivity contribution in [3.63, 3.8) is 0 Å². The molecule has 0 spiro atoms. The Morgan fingerprint density at radius 3 is 2.56 bits per heavy atom. The van der Waals surface area contributed by atoms with Gasteiger partial charge in [0.05, 0.1) is 17.1 Å².